The Morgan fingerprint density at radius 1 is 1.30 bits per heavy atom. The van der Waals surface area contributed by atoms with Gasteiger partial charge in [-0.15, -0.1) is 0 Å². The largest absolute Gasteiger partial charge is 0.337 e. The summed E-state index contributed by atoms with van der Waals surface area (Å²) in [4.78, 5) is 16.2. The van der Waals surface area contributed by atoms with E-state index in [4.69, 9.17) is 17.3 Å². The van der Waals surface area contributed by atoms with Gasteiger partial charge >= 0.3 is 0 Å². The minimum atomic E-state index is 0.213. The number of nitrogens with zero attached hydrogens (tertiary/aromatic N) is 2. The van der Waals surface area contributed by atoms with Crippen LogP contribution in [0.5, 0.6) is 0 Å². The summed E-state index contributed by atoms with van der Waals surface area (Å²) in [6.07, 6.45) is 1.68. The highest BCUT2D eigenvalue weighted by Crippen LogP contribution is 2.28. The average Bonchev–Trinajstić information content (AvgIpc) is 2.83. The summed E-state index contributed by atoms with van der Waals surface area (Å²) >= 11 is 5.95. The Morgan fingerprint density at radius 3 is 2.75 bits per heavy atom. The van der Waals surface area contributed by atoms with Gasteiger partial charge in [-0.2, -0.15) is 0 Å². The molecular weight excluding hydrogens is 274 g/mol. The van der Waals surface area contributed by atoms with Gasteiger partial charge in [0.25, 0.3) is 0 Å². The van der Waals surface area contributed by atoms with Crippen LogP contribution >= 0.6 is 11.6 Å². The van der Waals surface area contributed by atoms with E-state index in [-0.39, 0.29) is 6.04 Å². The van der Waals surface area contributed by atoms with Crippen LogP contribution in [-0.4, -0.2) is 47.9 Å². The van der Waals surface area contributed by atoms with Gasteiger partial charge < -0.3 is 10.6 Å². The second-order valence-corrected chi connectivity index (χ2v) is 6.01. The summed E-state index contributed by atoms with van der Waals surface area (Å²) in [5, 5.41) is 0.746. The van der Waals surface area contributed by atoms with Crippen molar-refractivity contribution in [2.75, 3.05) is 26.2 Å². The summed E-state index contributed by atoms with van der Waals surface area (Å²) < 4.78 is 0. The number of carbonyl (C=O) groups is 1. The summed E-state index contributed by atoms with van der Waals surface area (Å²) in [5.41, 5.74) is 7.19. The zero-order valence-electron chi connectivity index (χ0n) is 11.5. The van der Waals surface area contributed by atoms with Gasteiger partial charge in [-0.05, 0) is 24.1 Å². The quantitative estimate of drug-likeness (QED) is 0.922. The highest BCUT2D eigenvalue weighted by molar-refractivity contribution is 6.30. The molecule has 1 amide bonds. The molecular formula is C15H20ClN3O. The fourth-order valence-corrected chi connectivity index (χ4v) is 3.48. The van der Waals surface area contributed by atoms with E-state index in [9.17, 15) is 4.79 Å². The highest BCUT2D eigenvalue weighted by Gasteiger charge is 2.37. The van der Waals surface area contributed by atoms with Crippen LogP contribution < -0.4 is 5.73 Å². The van der Waals surface area contributed by atoms with Crippen LogP contribution in [0, 0.1) is 0 Å². The smallest absolute Gasteiger partial charge is 0.222 e. The van der Waals surface area contributed by atoms with E-state index in [1.165, 1.54) is 5.56 Å². The molecule has 0 radical (unpaired) electrons. The van der Waals surface area contributed by atoms with Gasteiger partial charge in [0.05, 0.1) is 0 Å². The first-order chi connectivity index (χ1) is 9.69. The molecule has 2 saturated heterocycles. The number of halogens is 1. The Bertz CT molecular complexity index is 490. The third kappa shape index (κ3) is 2.55. The summed E-state index contributed by atoms with van der Waals surface area (Å²) in [5.74, 6) is 0.311. The molecule has 2 atom stereocenters. The highest BCUT2D eigenvalue weighted by atomic mass is 35.5. The summed E-state index contributed by atoms with van der Waals surface area (Å²) in [6.45, 7) is 3.23. The molecule has 0 aliphatic carbocycles. The molecule has 0 saturated carbocycles. The first kappa shape index (κ1) is 13.9. The van der Waals surface area contributed by atoms with Gasteiger partial charge in [0.2, 0.25) is 5.91 Å². The molecule has 3 rings (SSSR count). The van der Waals surface area contributed by atoms with Crippen LogP contribution in [0.3, 0.4) is 0 Å². The molecule has 1 aromatic rings. The minimum Gasteiger partial charge on any atom is -0.337 e. The Morgan fingerprint density at radius 2 is 2.05 bits per heavy atom. The topological polar surface area (TPSA) is 49.6 Å². The van der Waals surface area contributed by atoms with E-state index in [1.807, 2.05) is 29.2 Å². The molecule has 5 heteroatoms. The van der Waals surface area contributed by atoms with E-state index in [2.05, 4.69) is 4.90 Å². The van der Waals surface area contributed by atoms with Crippen molar-refractivity contribution in [3.63, 3.8) is 0 Å². The van der Waals surface area contributed by atoms with Gasteiger partial charge in [0.15, 0.2) is 0 Å². The van der Waals surface area contributed by atoms with Gasteiger partial charge in [-0.25, -0.2) is 0 Å². The van der Waals surface area contributed by atoms with Crippen molar-refractivity contribution in [1.29, 1.82) is 0 Å². The van der Waals surface area contributed by atoms with E-state index in [0.717, 1.165) is 31.1 Å². The number of piperazine rings is 1. The standard InChI is InChI=1S/C15H20ClN3O/c16-12-3-1-11(2-4-12)14(9-17)18-7-8-19-13(10-18)5-6-15(19)20/h1-4,13-14H,5-10,17H2. The average molecular weight is 294 g/mol. The summed E-state index contributed by atoms with van der Waals surface area (Å²) in [7, 11) is 0. The fourth-order valence-electron chi connectivity index (χ4n) is 3.35. The number of rotatable bonds is 3. The zero-order valence-corrected chi connectivity index (χ0v) is 12.2. The molecule has 2 N–H and O–H groups in total. The molecule has 0 bridgehead atoms. The van der Waals surface area contributed by atoms with E-state index in [0.29, 0.717) is 24.9 Å². The third-order valence-electron chi connectivity index (χ3n) is 4.44. The lowest BCUT2D eigenvalue weighted by Crippen LogP contribution is -2.53. The lowest BCUT2D eigenvalue weighted by atomic mass is 10.0. The number of nitrogens with two attached hydrogens (primary N) is 1. The van der Waals surface area contributed by atoms with Crippen molar-refractivity contribution in [1.82, 2.24) is 9.80 Å². The number of carbonyl (C=O) groups excluding carboxylic acids is 1. The lowest BCUT2D eigenvalue weighted by molar-refractivity contribution is -0.131. The molecule has 20 heavy (non-hydrogen) atoms. The maximum Gasteiger partial charge on any atom is 0.222 e. The maximum absolute atomic E-state index is 11.7. The Labute approximate surface area is 124 Å². The van der Waals surface area contributed by atoms with Crippen molar-refractivity contribution >= 4 is 17.5 Å². The van der Waals surface area contributed by atoms with Crippen molar-refractivity contribution in [2.45, 2.75) is 24.9 Å². The van der Waals surface area contributed by atoms with Crippen LogP contribution in [0.15, 0.2) is 24.3 Å². The molecule has 2 aliphatic rings. The molecule has 0 spiro atoms. The Hall–Kier alpha value is -1.10. The minimum absolute atomic E-state index is 0.213. The predicted octanol–water partition coefficient (Wildman–Crippen LogP) is 1.65. The van der Waals surface area contributed by atoms with E-state index < -0.39 is 0 Å². The molecule has 2 aliphatic heterocycles. The third-order valence-corrected chi connectivity index (χ3v) is 4.70. The lowest BCUT2D eigenvalue weighted by Gasteiger charge is -2.41. The van der Waals surface area contributed by atoms with Crippen LogP contribution in [0.4, 0.5) is 0 Å². The Balaban J connectivity index is 1.74. The molecule has 2 fully saturated rings. The number of hydrogen-bond acceptors (Lipinski definition) is 3. The molecule has 0 aromatic heterocycles. The van der Waals surface area contributed by atoms with Crippen LogP contribution in [0.2, 0.25) is 5.02 Å². The number of benzene rings is 1. The van der Waals surface area contributed by atoms with Crippen LogP contribution in [0.1, 0.15) is 24.4 Å². The van der Waals surface area contributed by atoms with Gasteiger partial charge in [0, 0.05) is 49.7 Å². The SMILES string of the molecule is NCC(c1ccc(Cl)cc1)N1CCN2C(=O)CCC2C1. The zero-order chi connectivity index (χ0) is 14.1. The van der Waals surface area contributed by atoms with Crippen molar-refractivity contribution < 1.29 is 4.79 Å². The predicted molar refractivity (Wildman–Crippen MR) is 79.6 cm³/mol. The van der Waals surface area contributed by atoms with Gasteiger partial charge in [0.1, 0.15) is 0 Å². The monoisotopic (exact) mass is 293 g/mol. The number of amides is 1. The Kier molecular flexibility index (Phi) is 3.96. The van der Waals surface area contributed by atoms with Gasteiger partial charge in [-0.3, -0.25) is 9.69 Å². The van der Waals surface area contributed by atoms with Crippen molar-refractivity contribution in [2.24, 2.45) is 5.73 Å². The molecule has 108 valence electrons. The normalized spacial score (nSPS) is 24.8. The number of fused-ring (bicyclic) bond motifs is 1. The molecule has 2 heterocycles. The first-order valence-corrected chi connectivity index (χ1v) is 7.56. The molecule has 2 unspecified atom stereocenters. The fraction of sp³-hybridized carbons (Fsp3) is 0.533. The number of hydrogen-bond donors (Lipinski definition) is 1. The van der Waals surface area contributed by atoms with Crippen LogP contribution in [0.25, 0.3) is 0 Å². The van der Waals surface area contributed by atoms with Crippen molar-refractivity contribution in [3.05, 3.63) is 34.9 Å². The van der Waals surface area contributed by atoms with E-state index >= 15 is 0 Å². The summed E-state index contributed by atoms with van der Waals surface area (Å²) in [6, 6.07) is 8.50. The maximum atomic E-state index is 11.7. The van der Waals surface area contributed by atoms with Crippen LogP contribution in [-0.2, 0) is 4.79 Å². The second-order valence-electron chi connectivity index (χ2n) is 5.58. The van der Waals surface area contributed by atoms with E-state index in [1.54, 1.807) is 0 Å². The first-order valence-electron chi connectivity index (χ1n) is 7.18. The van der Waals surface area contributed by atoms with Crippen molar-refractivity contribution in [3.8, 4) is 0 Å². The van der Waals surface area contributed by atoms with Gasteiger partial charge in [-0.1, -0.05) is 23.7 Å². The second kappa shape index (κ2) is 5.72. The molecule has 1 aromatic carbocycles. The molecule has 4 nitrogen and oxygen atoms in total.